The number of aromatic nitrogens is 2. The van der Waals surface area contributed by atoms with Crippen LogP contribution in [-0.4, -0.2) is 9.97 Å². The fraction of sp³-hybridized carbons (Fsp3) is 0.182. The zero-order valence-corrected chi connectivity index (χ0v) is 7.83. The average molecular weight is 172 g/mol. The quantitative estimate of drug-likeness (QED) is 0.704. The second-order valence-corrected chi connectivity index (χ2v) is 3.09. The van der Waals surface area contributed by atoms with Crippen LogP contribution in [0.2, 0.25) is 0 Å². The molecule has 2 nitrogen and oxygen atoms in total. The van der Waals surface area contributed by atoms with Gasteiger partial charge in [-0.25, -0.2) is 4.98 Å². The Hall–Kier alpha value is -1.57. The van der Waals surface area contributed by atoms with E-state index in [4.69, 9.17) is 0 Å². The highest BCUT2D eigenvalue weighted by Crippen LogP contribution is 2.15. The van der Waals surface area contributed by atoms with Crippen LogP contribution in [0.1, 0.15) is 18.3 Å². The van der Waals surface area contributed by atoms with E-state index in [0.29, 0.717) is 0 Å². The summed E-state index contributed by atoms with van der Waals surface area (Å²) in [6.07, 6.45) is 3.95. The molecule has 0 amide bonds. The summed E-state index contributed by atoms with van der Waals surface area (Å²) in [5.74, 6) is 0.923. The molecule has 2 rings (SSSR count). The predicted molar refractivity (Wildman–Crippen MR) is 55.5 cm³/mol. The van der Waals surface area contributed by atoms with Crippen LogP contribution in [0.15, 0.2) is 24.3 Å². The molecule has 0 unspecified atom stereocenters. The zero-order valence-electron chi connectivity index (χ0n) is 7.83. The SMILES string of the molecule is C/C=C\c1nc2c(C)cccc2[nH]1. The fourth-order valence-electron chi connectivity index (χ4n) is 1.43. The first-order chi connectivity index (χ1) is 6.31. The summed E-state index contributed by atoms with van der Waals surface area (Å²) in [6, 6.07) is 6.15. The van der Waals surface area contributed by atoms with E-state index in [1.54, 1.807) is 0 Å². The Labute approximate surface area is 77.3 Å². The molecular formula is C11H12N2. The number of nitrogens with zero attached hydrogens (tertiary/aromatic N) is 1. The Kier molecular flexibility index (Phi) is 1.89. The first-order valence-electron chi connectivity index (χ1n) is 4.39. The van der Waals surface area contributed by atoms with Crippen molar-refractivity contribution in [3.05, 3.63) is 35.7 Å². The molecule has 0 aliphatic carbocycles. The van der Waals surface area contributed by atoms with Gasteiger partial charge in [0.15, 0.2) is 0 Å². The van der Waals surface area contributed by atoms with Gasteiger partial charge in [-0.3, -0.25) is 0 Å². The molecule has 1 N–H and O–H groups in total. The minimum absolute atomic E-state index is 0.923. The lowest BCUT2D eigenvalue weighted by atomic mass is 10.2. The maximum absolute atomic E-state index is 4.46. The van der Waals surface area contributed by atoms with E-state index in [1.165, 1.54) is 5.56 Å². The van der Waals surface area contributed by atoms with E-state index in [0.717, 1.165) is 16.9 Å². The summed E-state index contributed by atoms with van der Waals surface area (Å²) >= 11 is 0. The van der Waals surface area contributed by atoms with Crippen molar-refractivity contribution >= 4 is 17.1 Å². The molecule has 0 atom stereocenters. The van der Waals surface area contributed by atoms with Gasteiger partial charge in [0.25, 0.3) is 0 Å². The van der Waals surface area contributed by atoms with E-state index in [2.05, 4.69) is 23.0 Å². The molecule has 0 saturated heterocycles. The molecule has 1 aromatic carbocycles. The predicted octanol–water partition coefficient (Wildman–Crippen LogP) is 2.90. The molecule has 13 heavy (non-hydrogen) atoms. The monoisotopic (exact) mass is 172 g/mol. The fourth-order valence-corrected chi connectivity index (χ4v) is 1.43. The Morgan fingerprint density at radius 2 is 2.23 bits per heavy atom. The first kappa shape index (κ1) is 8.05. The van der Waals surface area contributed by atoms with Crippen LogP contribution in [0.25, 0.3) is 17.1 Å². The Balaban J connectivity index is 2.68. The molecule has 66 valence electrons. The van der Waals surface area contributed by atoms with Crippen molar-refractivity contribution in [2.24, 2.45) is 0 Å². The highest BCUT2D eigenvalue weighted by molar-refractivity contribution is 5.79. The van der Waals surface area contributed by atoms with Gasteiger partial charge in [-0.05, 0) is 31.6 Å². The number of aromatic amines is 1. The van der Waals surface area contributed by atoms with Crippen molar-refractivity contribution in [3.8, 4) is 0 Å². The van der Waals surface area contributed by atoms with Crippen LogP contribution in [0.5, 0.6) is 0 Å². The minimum Gasteiger partial charge on any atom is -0.338 e. The van der Waals surface area contributed by atoms with Crippen molar-refractivity contribution in [1.29, 1.82) is 0 Å². The lowest BCUT2D eigenvalue weighted by Crippen LogP contribution is -1.74. The van der Waals surface area contributed by atoms with E-state index in [1.807, 2.05) is 31.2 Å². The van der Waals surface area contributed by atoms with Gasteiger partial charge in [0.1, 0.15) is 5.82 Å². The number of nitrogens with one attached hydrogen (secondary N) is 1. The largest absolute Gasteiger partial charge is 0.338 e. The van der Waals surface area contributed by atoms with Crippen molar-refractivity contribution in [2.45, 2.75) is 13.8 Å². The number of fused-ring (bicyclic) bond motifs is 1. The van der Waals surface area contributed by atoms with Crippen LogP contribution in [0.3, 0.4) is 0 Å². The third-order valence-electron chi connectivity index (χ3n) is 2.06. The number of allylic oxidation sites excluding steroid dienone is 1. The van der Waals surface area contributed by atoms with Gasteiger partial charge in [-0.15, -0.1) is 0 Å². The van der Waals surface area contributed by atoms with Crippen molar-refractivity contribution in [1.82, 2.24) is 9.97 Å². The van der Waals surface area contributed by atoms with E-state index >= 15 is 0 Å². The Morgan fingerprint density at radius 1 is 1.38 bits per heavy atom. The number of para-hydroxylation sites is 1. The van der Waals surface area contributed by atoms with Crippen LogP contribution in [0, 0.1) is 6.92 Å². The van der Waals surface area contributed by atoms with Gasteiger partial charge >= 0.3 is 0 Å². The number of H-pyrrole nitrogens is 1. The molecule has 0 bridgehead atoms. The van der Waals surface area contributed by atoms with Crippen LogP contribution >= 0.6 is 0 Å². The van der Waals surface area contributed by atoms with Crippen LogP contribution < -0.4 is 0 Å². The summed E-state index contributed by atoms with van der Waals surface area (Å²) < 4.78 is 0. The van der Waals surface area contributed by atoms with Crippen molar-refractivity contribution in [2.75, 3.05) is 0 Å². The first-order valence-corrected chi connectivity index (χ1v) is 4.39. The summed E-state index contributed by atoms with van der Waals surface area (Å²) in [6.45, 7) is 4.06. The topological polar surface area (TPSA) is 28.7 Å². The molecule has 2 heteroatoms. The van der Waals surface area contributed by atoms with Gasteiger partial charge < -0.3 is 4.98 Å². The summed E-state index contributed by atoms with van der Waals surface area (Å²) in [4.78, 5) is 7.70. The molecule has 0 aliphatic rings. The second kappa shape index (κ2) is 3.05. The molecule has 2 aromatic rings. The van der Waals surface area contributed by atoms with E-state index < -0.39 is 0 Å². The van der Waals surface area contributed by atoms with Crippen molar-refractivity contribution < 1.29 is 0 Å². The number of hydrogen-bond donors (Lipinski definition) is 1. The number of aryl methyl sites for hydroxylation is 1. The van der Waals surface area contributed by atoms with Gasteiger partial charge in [0.05, 0.1) is 11.0 Å². The number of imidazole rings is 1. The average Bonchev–Trinajstić information content (AvgIpc) is 2.49. The molecule has 0 radical (unpaired) electrons. The third kappa shape index (κ3) is 1.35. The minimum atomic E-state index is 0.923. The van der Waals surface area contributed by atoms with Gasteiger partial charge in [-0.2, -0.15) is 0 Å². The van der Waals surface area contributed by atoms with Gasteiger partial charge in [-0.1, -0.05) is 18.2 Å². The standard InChI is InChI=1S/C11H12N2/c1-3-5-10-12-9-7-4-6-8(2)11(9)13-10/h3-7H,1-2H3,(H,12,13)/b5-3-. The number of benzene rings is 1. The highest BCUT2D eigenvalue weighted by atomic mass is 14.9. The molecule has 1 heterocycles. The maximum Gasteiger partial charge on any atom is 0.130 e. The highest BCUT2D eigenvalue weighted by Gasteiger charge is 2.00. The molecule has 0 aliphatic heterocycles. The molecule has 0 fully saturated rings. The second-order valence-electron chi connectivity index (χ2n) is 3.09. The molecule has 0 spiro atoms. The molecular weight excluding hydrogens is 160 g/mol. The lowest BCUT2D eigenvalue weighted by Gasteiger charge is -1.90. The summed E-state index contributed by atoms with van der Waals surface area (Å²) in [5.41, 5.74) is 3.38. The van der Waals surface area contributed by atoms with Gasteiger partial charge in [0, 0.05) is 0 Å². The Morgan fingerprint density at radius 3 is 2.92 bits per heavy atom. The molecule has 1 aromatic heterocycles. The smallest absolute Gasteiger partial charge is 0.130 e. The summed E-state index contributed by atoms with van der Waals surface area (Å²) in [7, 11) is 0. The van der Waals surface area contributed by atoms with E-state index in [-0.39, 0.29) is 0 Å². The third-order valence-corrected chi connectivity index (χ3v) is 2.06. The number of rotatable bonds is 1. The summed E-state index contributed by atoms with van der Waals surface area (Å²) in [5, 5.41) is 0. The Bertz CT molecular complexity index is 452. The van der Waals surface area contributed by atoms with Crippen molar-refractivity contribution in [3.63, 3.8) is 0 Å². The normalized spacial score (nSPS) is 11.5. The van der Waals surface area contributed by atoms with Crippen LogP contribution in [0.4, 0.5) is 0 Å². The molecule has 0 saturated carbocycles. The lowest BCUT2D eigenvalue weighted by molar-refractivity contribution is 1.28. The van der Waals surface area contributed by atoms with E-state index in [9.17, 15) is 0 Å². The number of hydrogen-bond acceptors (Lipinski definition) is 1. The van der Waals surface area contributed by atoms with Gasteiger partial charge in [0.2, 0.25) is 0 Å². The maximum atomic E-state index is 4.46. The van der Waals surface area contributed by atoms with Crippen LogP contribution in [-0.2, 0) is 0 Å². The zero-order chi connectivity index (χ0) is 9.26.